The molecule has 3 heterocycles. The predicted molar refractivity (Wildman–Crippen MR) is 111 cm³/mol. The number of benzene rings is 1. The van der Waals surface area contributed by atoms with Crippen molar-refractivity contribution in [3.8, 4) is 0 Å². The minimum atomic E-state index is -0.224. The van der Waals surface area contributed by atoms with Crippen LogP contribution < -0.4 is 9.80 Å². The molecule has 0 atom stereocenters. The molecule has 1 aromatic carbocycles. The summed E-state index contributed by atoms with van der Waals surface area (Å²) >= 11 is 0. The van der Waals surface area contributed by atoms with Crippen molar-refractivity contribution in [1.29, 1.82) is 0 Å². The van der Waals surface area contributed by atoms with E-state index in [1.165, 1.54) is 12.1 Å². The number of nitrogens with zero attached hydrogens (tertiary/aromatic N) is 6. The van der Waals surface area contributed by atoms with Gasteiger partial charge in [-0.05, 0) is 36.9 Å². The Labute approximate surface area is 170 Å². The smallest absolute Gasteiger partial charge is 0.272 e. The third-order valence-corrected chi connectivity index (χ3v) is 5.72. The fraction of sp³-hybridized carbons (Fsp3) is 0.476. The lowest BCUT2D eigenvalue weighted by Gasteiger charge is -2.36. The zero-order chi connectivity index (χ0) is 20.2. The Kier molecular flexibility index (Phi) is 5.89. The molecule has 2 aliphatic rings. The molecule has 2 aromatic rings. The summed E-state index contributed by atoms with van der Waals surface area (Å²) in [4.78, 5) is 30.4. The second kappa shape index (κ2) is 8.73. The third kappa shape index (κ3) is 4.48. The van der Waals surface area contributed by atoms with E-state index < -0.39 is 0 Å². The summed E-state index contributed by atoms with van der Waals surface area (Å²) in [5, 5.41) is 0. The minimum absolute atomic E-state index is 0.0191. The van der Waals surface area contributed by atoms with Crippen molar-refractivity contribution in [2.45, 2.75) is 6.92 Å². The second-order valence-corrected chi connectivity index (χ2v) is 7.42. The highest BCUT2D eigenvalue weighted by atomic mass is 19.1. The van der Waals surface area contributed by atoms with Crippen LogP contribution >= 0.6 is 0 Å². The number of rotatable bonds is 4. The van der Waals surface area contributed by atoms with Crippen molar-refractivity contribution in [2.24, 2.45) is 0 Å². The van der Waals surface area contributed by atoms with Crippen LogP contribution in [0.3, 0.4) is 0 Å². The molecule has 4 rings (SSSR count). The number of anilines is 2. The lowest BCUT2D eigenvalue weighted by Crippen LogP contribution is -2.49. The summed E-state index contributed by atoms with van der Waals surface area (Å²) in [6.07, 6.45) is 1.67. The Morgan fingerprint density at radius 2 is 1.59 bits per heavy atom. The van der Waals surface area contributed by atoms with Crippen LogP contribution in [0.25, 0.3) is 0 Å². The maximum absolute atomic E-state index is 13.1. The Balaban J connectivity index is 1.38. The van der Waals surface area contributed by atoms with Gasteiger partial charge in [0.1, 0.15) is 11.5 Å². The first kappa shape index (κ1) is 19.6. The topological polar surface area (TPSA) is 55.8 Å². The van der Waals surface area contributed by atoms with Crippen LogP contribution in [-0.2, 0) is 0 Å². The zero-order valence-electron chi connectivity index (χ0n) is 16.8. The number of hydrogen-bond acceptors (Lipinski definition) is 6. The molecule has 7 nitrogen and oxygen atoms in total. The molecule has 154 valence electrons. The number of hydrogen-bond donors (Lipinski definition) is 0. The number of piperazine rings is 2. The Morgan fingerprint density at radius 3 is 2.24 bits per heavy atom. The van der Waals surface area contributed by atoms with Crippen molar-refractivity contribution < 1.29 is 9.18 Å². The number of carbonyl (C=O) groups is 1. The van der Waals surface area contributed by atoms with E-state index in [1.807, 2.05) is 4.90 Å². The largest absolute Gasteiger partial charge is 0.368 e. The molecule has 1 aromatic heterocycles. The van der Waals surface area contributed by atoms with Crippen LogP contribution in [0.1, 0.15) is 17.4 Å². The van der Waals surface area contributed by atoms with Gasteiger partial charge in [0.15, 0.2) is 0 Å². The lowest BCUT2D eigenvalue weighted by molar-refractivity contribution is 0.0637. The fourth-order valence-electron chi connectivity index (χ4n) is 3.87. The quantitative estimate of drug-likeness (QED) is 0.782. The molecular formula is C21H27FN6O. The maximum atomic E-state index is 13.1. The van der Waals surface area contributed by atoms with Crippen LogP contribution in [0.5, 0.6) is 0 Å². The van der Waals surface area contributed by atoms with Gasteiger partial charge in [-0.2, -0.15) is 0 Å². The highest BCUT2D eigenvalue weighted by Gasteiger charge is 2.24. The molecule has 8 heteroatoms. The van der Waals surface area contributed by atoms with Gasteiger partial charge < -0.3 is 19.6 Å². The van der Waals surface area contributed by atoms with Crippen LogP contribution in [0, 0.1) is 5.82 Å². The summed E-state index contributed by atoms with van der Waals surface area (Å²) in [6.45, 7) is 9.56. The average Bonchev–Trinajstić information content (AvgIpc) is 2.79. The van der Waals surface area contributed by atoms with Gasteiger partial charge >= 0.3 is 0 Å². The molecule has 0 saturated carbocycles. The maximum Gasteiger partial charge on any atom is 0.272 e. The first-order valence-corrected chi connectivity index (χ1v) is 10.2. The van der Waals surface area contributed by atoms with E-state index in [4.69, 9.17) is 0 Å². The van der Waals surface area contributed by atoms with Gasteiger partial charge in [-0.15, -0.1) is 0 Å². The van der Waals surface area contributed by atoms with Gasteiger partial charge in [0.25, 0.3) is 5.91 Å². The summed E-state index contributed by atoms with van der Waals surface area (Å²) in [7, 11) is 0. The summed E-state index contributed by atoms with van der Waals surface area (Å²) in [6, 6.07) is 8.28. The highest BCUT2D eigenvalue weighted by molar-refractivity contribution is 5.92. The molecule has 1 amide bonds. The number of halogens is 1. The molecule has 0 spiro atoms. The van der Waals surface area contributed by atoms with E-state index in [1.54, 1.807) is 24.4 Å². The Morgan fingerprint density at radius 1 is 0.931 bits per heavy atom. The van der Waals surface area contributed by atoms with Crippen molar-refractivity contribution in [3.63, 3.8) is 0 Å². The number of carbonyl (C=O) groups excluding carboxylic acids is 1. The Bertz CT molecular complexity index is 829. The van der Waals surface area contributed by atoms with Gasteiger partial charge in [-0.1, -0.05) is 6.92 Å². The van der Waals surface area contributed by atoms with E-state index >= 15 is 0 Å². The van der Waals surface area contributed by atoms with Crippen molar-refractivity contribution in [1.82, 2.24) is 19.8 Å². The summed E-state index contributed by atoms with van der Waals surface area (Å²) in [5.74, 6) is 0.356. The molecule has 2 saturated heterocycles. The highest BCUT2D eigenvalue weighted by Crippen LogP contribution is 2.19. The molecule has 0 aliphatic carbocycles. The zero-order valence-corrected chi connectivity index (χ0v) is 16.8. The fourth-order valence-corrected chi connectivity index (χ4v) is 3.87. The Hall–Kier alpha value is -2.74. The van der Waals surface area contributed by atoms with Crippen molar-refractivity contribution in [2.75, 3.05) is 68.7 Å². The van der Waals surface area contributed by atoms with Gasteiger partial charge in [-0.25, -0.2) is 14.4 Å². The van der Waals surface area contributed by atoms with Gasteiger partial charge in [0.2, 0.25) is 5.95 Å². The van der Waals surface area contributed by atoms with E-state index in [0.717, 1.165) is 64.6 Å². The molecule has 0 bridgehead atoms. The standard InChI is InChI=1S/C21H27FN6O/c1-2-25-9-11-27(12-10-25)20(29)19-7-8-23-21(24-19)28-15-13-26(14-16-28)18-5-3-17(22)4-6-18/h3-8H,2,9-16H2,1H3. The van der Waals surface area contributed by atoms with Gasteiger partial charge in [0, 0.05) is 64.2 Å². The number of likely N-dealkylation sites (N-methyl/N-ethyl adjacent to an activating group) is 1. The first-order chi connectivity index (χ1) is 14.1. The molecule has 0 unspecified atom stereocenters. The first-order valence-electron chi connectivity index (χ1n) is 10.2. The van der Waals surface area contributed by atoms with Crippen molar-refractivity contribution in [3.05, 3.63) is 48.0 Å². The van der Waals surface area contributed by atoms with E-state index in [2.05, 4.69) is 31.6 Å². The summed E-state index contributed by atoms with van der Waals surface area (Å²) in [5.41, 5.74) is 1.48. The molecule has 2 fully saturated rings. The van der Waals surface area contributed by atoms with Crippen LogP contribution in [0.15, 0.2) is 36.5 Å². The number of amides is 1. The van der Waals surface area contributed by atoms with Crippen LogP contribution in [-0.4, -0.2) is 84.6 Å². The molecule has 29 heavy (non-hydrogen) atoms. The van der Waals surface area contributed by atoms with Crippen molar-refractivity contribution >= 4 is 17.5 Å². The minimum Gasteiger partial charge on any atom is -0.368 e. The van der Waals surface area contributed by atoms with Gasteiger partial charge in [0.05, 0.1) is 0 Å². The molecular weight excluding hydrogens is 371 g/mol. The van der Waals surface area contributed by atoms with E-state index in [-0.39, 0.29) is 11.7 Å². The number of aromatic nitrogens is 2. The lowest BCUT2D eigenvalue weighted by atomic mass is 10.2. The molecule has 2 aliphatic heterocycles. The van der Waals surface area contributed by atoms with Gasteiger partial charge in [-0.3, -0.25) is 4.79 Å². The van der Waals surface area contributed by atoms with E-state index in [9.17, 15) is 9.18 Å². The summed E-state index contributed by atoms with van der Waals surface area (Å²) < 4.78 is 13.1. The second-order valence-electron chi connectivity index (χ2n) is 7.42. The van der Waals surface area contributed by atoms with E-state index in [0.29, 0.717) is 11.6 Å². The van der Waals surface area contributed by atoms with Crippen LogP contribution in [0.2, 0.25) is 0 Å². The predicted octanol–water partition coefficient (Wildman–Crippen LogP) is 1.72. The normalized spacial score (nSPS) is 18.2. The average molecular weight is 398 g/mol. The SMILES string of the molecule is CCN1CCN(C(=O)c2ccnc(N3CCN(c4ccc(F)cc4)CC3)n2)CC1. The third-order valence-electron chi connectivity index (χ3n) is 5.72. The molecule has 0 radical (unpaired) electrons. The molecule has 0 N–H and O–H groups in total. The monoisotopic (exact) mass is 398 g/mol. The van der Waals surface area contributed by atoms with Crippen LogP contribution in [0.4, 0.5) is 16.0 Å².